The molecular formula is C23H20F3NO4S. The number of aryl methyl sites for hydroxylation is 1. The number of hydrogen-bond acceptors (Lipinski definition) is 5. The van der Waals surface area contributed by atoms with Crippen LogP contribution in [0.4, 0.5) is 18.9 Å². The molecule has 3 rings (SSSR count). The number of ether oxygens (including phenoxy) is 2. The smallest absolute Gasteiger partial charge is 0.466 e. The van der Waals surface area contributed by atoms with Crippen LogP contribution in [0.1, 0.15) is 28.6 Å². The van der Waals surface area contributed by atoms with Gasteiger partial charge in [-0.15, -0.1) is 24.5 Å². The second-order valence-electron chi connectivity index (χ2n) is 6.73. The van der Waals surface area contributed by atoms with E-state index in [0.717, 1.165) is 5.56 Å². The van der Waals surface area contributed by atoms with E-state index in [2.05, 4.69) is 10.1 Å². The van der Waals surface area contributed by atoms with Gasteiger partial charge in [0.1, 0.15) is 5.75 Å². The highest BCUT2D eigenvalue weighted by molar-refractivity contribution is 7.12. The molecule has 9 heteroatoms. The van der Waals surface area contributed by atoms with Crippen molar-refractivity contribution in [3.05, 3.63) is 70.4 Å². The van der Waals surface area contributed by atoms with Gasteiger partial charge < -0.3 is 14.8 Å². The molecule has 0 bridgehead atoms. The molecule has 0 atom stereocenters. The summed E-state index contributed by atoms with van der Waals surface area (Å²) >= 11 is 1.23. The first-order valence-electron chi connectivity index (χ1n) is 9.74. The molecule has 1 N–H and O–H groups in total. The Hall–Kier alpha value is -3.33. The van der Waals surface area contributed by atoms with Crippen LogP contribution >= 0.6 is 11.3 Å². The van der Waals surface area contributed by atoms with Crippen molar-refractivity contribution in [3.63, 3.8) is 0 Å². The van der Waals surface area contributed by atoms with E-state index in [4.69, 9.17) is 4.74 Å². The summed E-state index contributed by atoms with van der Waals surface area (Å²) in [5.41, 5.74) is 2.94. The minimum absolute atomic E-state index is 0.249. The van der Waals surface area contributed by atoms with E-state index in [0.29, 0.717) is 41.1 Å². The van der Waals surface area contributed by atoms with E-state index >= 15 is 0 Å². The van der Waals surface area contributed by atoms with Gasteiger partial charge in [0.2, 0.25) is 0 Å². The minimum atomic E-state index is -4.74. The molecule has 168 valence electrons. The zero-order chi connectivity index (χ0) is 23.1. The zero-order valence-electron chi connectivity index (χ0n) is 17.1. The third-order valence-electron chi connectivity index (χ3n) is 4.38. The summed E-state index contributed by atoms with van der Waals surface area (Å²) < 4.78 is 45.6. The van der Waals surface area contributed by atoms with Crippen LogP contribution in [0.3, 0.4) is 0 Å². The number of rotatable bonds is 8. The molecule has 2 aromatic carbocycles. The first-order valence-corrected chi connectivity index (χ1v) is 10.6. The van der Waals surface area contributed by atoms with Crippen LogP contribution in [-0.2, 0) is 16.0 Å². The number of anilines is 1. The third kappa shape index (κ3) is 6.84. The number of esters is 1. The van der Waals surface area contributed by atoms with Crippen LogP contribution < -0.4 is 10.1 Å². The van der Waals surface area contributed by atoms with Crippen LogP contribution in [0.25, 0.3) is 11.1 Å². The molecule has 0 radical (unpaired) electrons. The van der Waals surface area contributed by atoms with Gasteiger partial charge >= 0.3 is 12.3 Å². The Morgan fingerprint density at radius 1 is 1.00 bits per heavy atom. The van der Waals surface area contributed by atoms with Gasteiger partial charge in [0.15, 0.2) is 0 Å². The maximum atomic E-state index is 12.5. The second-order valence-corrected chi connectivity index (χ2v) is 7.64. The van der Waals surface area contributed by atoms with E-state index in [1.165, 1.54) is 35.6 Å². The molecule has 0 saturated heterocycles. The number of carbonyl (C=O) groups is 2. The van der Waals surface area contributed by atoms with Crippen molar-refractivity contribution in [2.45, 2.75) is 26.1 Å². The number of hydrogen-bond donors (Lipinski definition) is 1. The number of alkyl halides is 3. The summed E-state index contributed by atoms with van der Waals surface area (Å²) in [6.45, 7) is 2.11. The Bertz CT molecular complexity index is 1060. The summed E-state index contributed by atoms with van der Waals surface area (Å²) in [6.07, 6.45) is -3.90. The fourth-order valence-corrected chi connectivity index (χ4v) is 3.69. The molecule has 3 aromatic rings. The van der Waals surface area contributed by atoms with Crippen molar-refractivity contribution in [3.8, 4) is 16.9 Å². The number of nitrogens with one attached hydrogen (secondary N) is 1. The van der Waals surface area contributed by atoms with E-state index in [1.807, 2.05) is 12.1 Å². The fourth-order valence-electron chi connectivity index (χ4n) is 2.88. The first kappa shape index (κ1) is 23.3. The maximum absolute atomic E-state index is 12.5. The van der Waals surface area contributed by atoms with Crippen molar-refractivity contribution >= 4 is 28.9 Å². The Kier molecular flexibility index (Phi) is 7.53. The molecule has 0 spiro atoms. The predicted molar refractivity (Wildman–Crippen MR) is 116 cm³/mol. The average molecular weight is 463 g/mol. The molecule has 1 amide bonds. The monoisotopic (exact) mass is 463 g/mol. The lowest BCUT2D eigenvalue weighted by molar-refractivity contribution is -0.274. The molecule has 5 nitrogen and oxygen atoms in total. The molecule has 1 heterocycles. The van der Waals surface area contributed by atoms with Gasteiger partial charge in [-0.25, -0.2) is 0 Å². The molecule has 0 unspecified atom stereocenters. The van der Waals surface area contributed by atoms with Crippen LogP contribution in [-0.4, -0.2) is 24.8 Å². The van der Waals surface area contributed by atoms with Gasteiger partial charge in [-0.05, 0) is 65.7 Å². The highest BCUT2D eigenvalue weighted by Crippen LogP contribution is 2.29. The predicted octanol–water partition coefficient (Wildman–Crippen LogP) is 6.06. The largest absolute Gasteiger partial charge is 0.573 e. The highest BCUT2D eigenvalue weighted by atomic mass is 32.1. The summed E-state index contributed by atoms with van der Waals surface area (Å²) in [6, 6.07) is 14.3. The minimum Gasteiger partial charge on any atom is -0.466 e. The topological polar surface area (TPSA) is 64.6 Å². The normalized spacial score (nSPS) is 11.1. The zero-order valence-corrected chi connectivity index (χ0v) is 17.9. The van der Waals surface area contributed by atoms with Gasteiger partial charge in [0.05, 0.1) is 11.5 Å². The van der Waals surface area contributed by atoms with Crippen molar-refractivity contribution in [2.24, 2.45) is 0 Å². The van der Waals surface area contributed by atoms with Crippen LogP contribution in [0.5, 0.6) is 5.75 Å². The van der Waals surface area contributed by atoms with E-state index in [-0.39, 0.29) is 17.6 Å². The maximum Gasteiger partial charge on any atom is 0.573 e. The van der Waals surface area contributed by atoms with Gasteiger partial charge in [-0.2, -0.15) is 0 Å². The van der Waals surface area contributed by atoms with E-state index < -0.39 is 6.36 Å². The quantitative estimate of drug-likeness (QED) is 0.413. The molecule has 32 heavy (non-hydrogen) atoms. The van der Waals surface area contributed by atoms with Crippen molar-refractivity contribution < 1.29 is 32.2 Å². The molecule has 0 aliphatic carbocycles. The Morgan fingerprint density at radius 3 is 2.31 bits per heavy atom. The van der Waals surface area contributed by atoms with E-state index in [9.17, 15) is 22.8 Å². The van der Waals surface area contributed by atoms with Gasteiger partial charge in [-0.3, -0.25) is 9.59 Å². The lowest BCUT2D eigenvalue weighted by atomic mass is 10.1. The van der Waals surface area contributed by atoms with Crippen LogP contribution in [0.15, 0.2) is 60.0 Å². The van der Waals surface area contributed by atoms with E-state index in [1.54, 1.807) is 30.5 Å². The lowest BCUT2D eigenvalue weighted by Gasteiger charge is -2.08. The van der Waals surface area contributed by atoms with Crippen molar-refractivity contribution in [2.75, 3.05) is 11.9 Å². The summed E-state index contributed by atoms with van der Waals surface area (Å²) in [5, 5.41) is 4.56. The van der Waals surface area contributed by atoms with Crippen molar-refractivity contribution in [1.29, 1.82) is 0 Å². The van der Waals surface area contributed by atoms with Gasteiger partial charge in [0.25, 0.3) is 5.91 Å². The molecule has 0 saturated carbocycles. The number of carbonyl (C=O) groups excluding carboxylic acids is 2. The van der Waals surface area contributed by atoms with Gasteiger partial charge in [-0.1, -0.05) is 24.3 Å². The van der Waals surface area contributed by atoms with Crippen LogP contribution in [0, 0.1) is 0 Å². The number of benzene rings is 2. The third-order valence-corrected chi connectivity index (χ3v) is 5.31. The second kappa shape index (κ2) is 10.3. The summed E-state index contributed by atoms with van der Waals surface area (Å²) in [4.78, 5) is 24.4. The molecule has 0 aliphatic rings. The Balaban J connectivity index is 1.58. The van der Waals surface area contributed by atoms with Crippen LogP contribution in [0.2, 0.25) is 0 Å². The molecule has 0 fully saturated rings. The Morgan fingerprint density at radius 2 is 1.69 bits per heavy atom. The van der Waals surface area contributed by atoms with Gasteiger partial charge in [0, 0.05) is 12.1 Å². The summed E-state index contributed by atoms with van der Waals surface area (Å²) in [5.74, 6) is -0.849. The SMILES string of the molecule is CCOC(=O)CCc1ccc(NC(=O)c2cc(-c3ccc(OC(F)(F)F)cc3)cs2)cc1. The molecule has 1 aromatic heterocycles. The molecule has 0 aliphatic heterocycles. The van der Waals surface area contributed by atoms with Crippen molar-refractivity contribution in [1.82, 2.24) is 0 Å². The first-order chi connectivity index (χ1) is 15.2. The highest BCUT2D eigenvalue weighted by Gasteiger charge is 2.31. The standard InChI is InChI=1S/C23H20F3NO4S/c1-2-30-21(28)12-5-15-3-8-18(9-4-15)27-22(29)20-13-17(14-32-20)16-6-10-19(11-7-16)31-23(24,25)26/h3-4,6-11,13-14H,2,5,12H2,1H3,(H,27,29). The molecular weight excluding hydrogens is 443 g/mol. The number of thiophene rings is 1. The number of halogens is 3. The fraction of sp³-hybridized carbons (Fsp3) is 0.217. The Labute approximate surface area is 186 Å². The number of amides is 1. The lowest BCUT2D eigenvalue weighted by Crippen LogP contribution is -2.16. The summed E-state index contributed by atoms with van der Waals surface area (Å²) in [7, 11) is 0. The average Bonchev–Trinajstić information content (AvgIpc) is 3.23.